The van der Waals surface area contributed by atoms with Gasteiger partial charge in [-0.1, -0.05) is 40.0 Å². The first-order chi connectivity index (χ1) is 10.2. The summed E-state index contributed by atoms with van der Waals surface area (Å²) in [6.07, 6.45) is 12.6. The molecule has 118 valence electrons. The van der Waals surface area contributed by atoms with E-state index in [-0.39, 0.29) is 0 Å². The molecule has 0 radical (unpaired) electrons. The van der Waals surface area contributed by atoms with E-state index < -0.39 is 0 Å². The van der Waals surface area contributed by atoms with Gasteiger partial charge in [0, 0.05) is 37.3 Å². The van der Waals surface area contributed by atoms with Crippen molar-refractivity contribution in [2.24, 2.45) is 11.8 Å². The van der Waals surface area contributed by atoms with E-state index in [9.17, 15) is 0 Å². The number of aromatic nitrogens is 1. The maximum absolute atomic E-state index is 2.54. The molecule has 1 atom stereocenters. The van der Waals surface area contributed by atoms with E-state index in [1.54, 1.807) is 0 Å². The maximum atomic E-state index is 2.54. The minimum absolute atomic E-state index is 0.848. The first kappa shape index (κ1) is 16.3. The van der Waals surface area contributed by atoms with E-state index in [1.807, 2.05) is 0 Å². The van der Waals surface area contributed by atoms with E-state index in [0.29, 0.717) is 0 Å². The van der Waals surface area contributed by atoms with Crippen LogP contribution in [0.4, 0.5) is 5.69 Å². The number of aryl methyl sites for hydroxylation is 1. The average Bonchev–Trinajstić information content (AvgIpc) is 2.52. The predicted octanol–water partition coefficient (Wildman–Crippen LogP) is 4.43. The van der Waals surface area contributed by atoms with Crippen molar-refractivity contribution in [3.8, 4) is 0 Å². The van der Waals surface area contributed by atoms with Crippen molar-refractivity contribution in [1.82, 2.24) is 0 Å². The van der Waals surface area contributed by atoms with Crippen molar-refractivity contribution in [3.63, 3.8) is 0 Å². The van der Waals surface area contributed by atoms with E-state index in [1.165, 1.54) is 57.3 Å². The van der Waals surface area contributed by atoms with Crippen LogP contribution < -0.4 is 9.47 Å². The molecule has 0 spiro atoms. The van der Waals surface area contributed by atoms with Gasteiger partial charge in [0.1, 0.15) is 6.54 Å². The van der Waals surface area contributed by atoms with Crippen LogP contribution in [0.25, 0.3) is 0 Å². The molecule has 0 N–H and O–H groups in total. The lowest BCUT2D eigenvalue weighted by Crippen LogP contribution is -2.36. The number of hydrogen-bond acceptors (Lipinski definition) is 1. The van der Waals surface area contributed by atoms with E-state index in [2.05, 4.69) is 54.8 Å². The normalized spacial score (nSPS) is 18.0. The Morgan fingerprint density at radius 3 is 2.48 bits per heavy atom. The summed E-state index contributed by atoms with van der Waals surface area (Å²) in [5.41, 5.74) is 1.40. The maximum Gasteiger partial charge on any atom is 0.170 e. The Balaban J connectivity index is 1.79. The minimum atomic E-state index is 0.848. The molecule has 0 aliphatic carbocycles. The number of nitrogens with zero attached hydrogens (tertiary/aromatic N) is 2. The summed E-state index contributed by atoms with van der Waals surface area (Å²) in [6.45, 7) is 10.6. The minimum Gasteiger partial charge on any atom is -0.371 e. The van der Waals surface area contributed by atoms with Gasteiger partial charge in [-0.3, -0.25) is 0 Å². The molecule has 0 amide bonds. The van der Waals surface area contributed by atoms with Crippen molar-refractivity contribution in [3.05, 3.63) is 24.5 Å². The summed E-state index contributed by atoms with van der Waals surface area (Å²) in [5, 5.41) is 0. The molecule has 1 saturated heterocycles. The smallest absolute Gasteiger partial charge is 0.170 e. The number of anilines is 1. The second-order valence-electron chi connectivity index (χ2n) is 7.00. The van der Waals surface area contributed by atoms with Gasteiger partial charge in [-0.2, -0.15) is 0 Å². The Kier molecular flexibility index (Phi) is 6.53. The Morgan fingerprint density at radius 2 is 1.86 bits per heavy atom. The van der Waals surface area contributed by atoms with Gasteiger partial charge in [0.25, 0.3) is 0 Å². The van der Waals surface area contributed by atoms with Gasteiger partial charge in [-0.25, -0.2) is 4.57 Å². The number of hydrogen-bond donors (Lipinski definition) is 0. The van der Waals surface area contributed by atoms with Crippen LogP contribution in [0.15, 0.2) is 24.5 Å². The largest absolute Gasteiger partial charge is 0.371 e. The fourth-order valence-corrected chi connectivity index (χ4v) is 3.14. The van der Waals surface area contributed by atoms with Crippen LogP contribution in [-0.4, -0.2) is 13.1 Å². The van der Waals surface area contributed by atoms with Gasteiger partial charge in [-0.05, 0) is 24.7 Å². The molecule has 1 fully saturated rings. The highest BCUT2D eigenvalue weighted by atomic mass is 15.1. The van der Waals surface area contributed by atoms with Gasteiger partial charge in [0.05, 0.1) is 0 Å². The molecule has 0 aromatic carbocycles. The van der Waals surface area contributed by atoms with Crippen LogP contribution in [0, 0.1) is 11.8 Å². The lowest BCUT2D eigenvalue weighted by Gasteiger charge is -2.31. The summed E-state index contributed by atoms with van der Waals surface area (Å²) in [7, 11) is 0. The van der Waals surface area contributed by atoms with Crippen molar-refractivity contribution in [2.45, 2.75) is 65.8 Å². The monoisotopic (exact) mass is 289 g/mol. The average molecular weight is 289 g/mol. The summed E-state index contributed by atoms with van der Waals surface area (Å²) in [4.78, 5) is 2.54. The molecule has 0 saturated carbocycles. The molecule has 1 aliphatic rings. The van der Waals surface area contributed by atoms with Crippen LogP contribution in [0.2, 0.25) is 0 Å². The Labute approximate surface area is 131 Å². The summed E-state index contributed by atoms with van der Waals surface area (Å²) < 4.78 is 2.35. The number of unbranched alkanes of at least 4 members (excludes halogenated alkanes) is 1. The van der Waals surface area contributed by atoms with E-state index in [0.717, 1.165) is 18.4 Å². The number of piperidine rings is 1. The zero-order valence-electron chi connectivity index (χ0n) is 14.2. The fourth-order valence-electron chi connectivity index (χ4n) is 3.14. The molecule has 1 aromatic rings. The Morgan fingerprint density at radius 1 is 1.19 bits per heavy atom. The second kappa shape index (κ2) is 8.41. The summed E-state index contributed by atoms with van der Waals surface area (Å²) in [6, 6.07) is 4.60. The summed E-state index contributed by atoms with van der Waals surface area (Å²) in [5.74, 6) is 1.75. The standard InChI is InChI=1S/C19H33N2/c1-4-5-6-17(2)7-12-20-13-10-19(11-14-20)21-15-8-18(3)9-16-21/h10-11,13-14,17-18H,4-9,12,15-16H2,1-3H3/q+1. The second-order valence-corrected chi connectivity index (χ2v) is 7.00. The molecule has 2 nitrogen and oxygen atoms in total. The lowest BCUT2D eigenvalue weighted by molar-refractivity contribution is -0.698. The van der Waals surface area contributed by atoms with Crippen molar-refractivity contribution in [1.29, 1.82) is 0 Å². The first-order valence-corrected chi connectivity index (χ1v) is 8.93. The quantitative estimate of drug-likeness (QED) is 0.674. The van der Waals surface area contributed by atoms with Gasteiger partial charge < -0.3 is 4.90 Å². The molecule has 2 heteroatoms. The van der Waals surface area contributed by atoms with Gasteiger partial charge in [-0.15, -0.1) is 0 Å². The molecule has 2 rings (SSSR count). The highest BCUT2D eigenvalue weighted by Gasteiger charge is 2.16. The van der Waals surface area contributed by atoms with Crippen molar-refractivity contribution >= 4 is 5.69 Å². The zero-order chi connectivity index (χ0) is 15.1. The van der Waals surface area contributed by atoms with Crippen molar-refractivity contribution in [2.75, 3.05) is 18.0 Å². The summed E-state index contributed by atoms with van der Waals surface area (Å²) >= 11 is 0. The third kappa shape index (κ3) is 5.33. The van der Waals surface area contributed by atoms with Crippen LogP contribution >= 0.6 is 0 Å². The Hall–Kier alpha value is -1.05. The molecule has 2 heterocycles. The SMILES string of the molecule is CCCCC(C)CC[n+]1ccc(N2CCC(C)CC2)cc1. The van der Waals surface area contributed by atoms with Gasteiger partial charge in [0.15, 0.2) is 12.4 Å². The third-order valence-corrected chi connectivity index (χ3v) is 4.95. The topological polar surface area (TPSA) is 7.12 Å². The molecule has 1 unspecified atom stereocenters. The molecular weight excluding hydrogens is 256 g/mol. The van der Waals surface area contributed by atoms with E-state index >= 15 is 0 Å². The number of rotatable bonds is 7. The van der Waals surface area contributed by atoms with Gasteiger partial charge >= 0.3 is 0 Å². The van der Waals surface area contributed by atoms with Crippen LogP contribution in [-0.2, 0) is 6.54 Å². The predicted molar refractivity (Wildman–Crippen MR) is 90.6 cm³/mol. The molecule has 1 aliphatic heterocycles. The van der Waals surface area contributed by atoms with Gasteiger partial charge in [0.2, 0.25) is 0 Å². The first-order valence-electron chi connectivity index (χ1n) is 8.93. The Bertz CT molecular complexity index is 391. The zero-order valence-corrected chi connectivity index (χ0v) is 14.2. The fraction of sp³-hybridized carbons (Fsp3) is 0.737. The van der Waals surface area contributed by atoms with Crippen LogP contribution in [0.1, 0.15) is 59.3 Å². The molecule has 21 heavy (non-hydrogen) atoms. The molecular formula is C19H33N2+. The molecule has 1 aromatic heterocycles. The van der Waals surface area contributed by atoms with Crippen LogP contribution in [0.3, 0.4) is 0 Å². The highest BCUT2D eigenvalue weighted by Crippen LogP contribution is 2.21. The molecule has 0 bridgehead atoms. The van der Waals surface area contributed by atoms with E-state index in [4.69, 9.17) is 0 Å². The third-order valence-electron chi connectivity index (χ3n) is 4.95. The lowest BCUT2D eigenvalue weighted by atomic mass is 9.99. The highest BCUT2D eigenvalue weighted by molar-refractivity contribution is 5.43. The van der Waals surface area contributed by atoms with Crippen molar-refractivity contribution < 1.29 is 4.57 Å². The number of pyridine rings is 1. The van der Waals surface area contributed by atoms with Crippen LogP contribution in [0.5, 0.6) is 0 Å².